The number of carboxylic acid groups (broad SMARTS) is 1. The quantitative estimate of drug-likeness (QED) is 0.497. The lowest BCUT2D eigenvalue weighted by Crippen LogP contribution is -2.46. The molecule has 0 atom stereocenters. The second-order valence-electron chi connectivity index (χ2n) is 13.3. The van der Waals surface area contributed by atoms with Crippen molar-refractivity contribution in [2.75, 3.05) is 0 Å². The molecular formula is C30H44N4O3. The van der Waals surface area contributed by atoms with Gasteiger partial charge in [-0.3, -0.25) is 9.59 Å². The topological polar surface area (TPSA) is 97.1 Å². The molecule has 2 heterocycles. The maximum absolute atomic E-state index is 13.4. The SMILES string of the molecule is Cc1c(C(=O)N[C@H]2C[C@H](C(=O)O)C2)cc(-c2cc(C(C)(C)C)nc(C(C)(C)C)n2)n1CC1CCCCC1. The van der Waals surface area contributed by atoms with E-state index in [2.05, 4.69) is 57.5 Å². The summed E-state index contributed by atoms with van der Waals surface area (Å²) in [7, 11) is 0. The van der Waals surface area contributed by atoms with Crippen molar-refractivity contribution in [3.05, 3.63) is 34.9 Å². The lowest BCUT2D eigenvalue weighted by atomic mass is 9.80. The van der Waals surface area contributed by atoms with E-state index in [-0.39, 0.29) is 28.7 Å². The van der Waals surface area contributed by atoms with Crippen LogP contribution in [-0.4, -0.2) is 37.6 Å². The third kappa shape index (κ3) is 6.07. The van der Waals surface area contributed by atoms with E-state index in [0.717, 1.165) is 35.1 Å². The Labute approximate surface area is 221 Å². The summed E-state index contributed by atoms with van der Waals surface area (Å²) in [4.78, 5) is 34.6. The Morgan fingerprint density at radius 1 is 1.00 bits per heavy atom. The largest absolute Gasteiger partial charge is 0.481 e. The fourth-order valence-electron chi connectivity index (χ4n) is 5.45. The average Bonchev–Trinajstić information content (AvgIpc) is 3.11. The first kappa shape index (κ1) is 27.3. The van der Waals surface area contributed by atoms with Crippen molar-refractivity contribution in [2.45, 2.75) is 117 Å². The molecule has 0 aliphatic heterocycles. The van der Waals surface area contributed by atoms with Crippen LogP contribution in [0.25, 0.3) is 11.4 Å². The fraction of sp³-hybridized carbons (Fsp3) is 0.667. The minimum Gasteiger partial charge on any atom is -0.481 e. The van der Waals surface area contributed by atoms with Crippen LogP contribution >= 0.6 is 0 Å². The first-order valence-electron chi connectivity index (χ1n) is 13.9. The zero-order chi connectivity index (χ0) is 27.1. The van der Waals surface area contributed by atoms with Gasteiger partial charge in [-0.2, -0.15) is 0 Å². The van der Waals surface area contributed by atoms with Crippen molar-refractivity contribution in [1.82, 2.24) is 19.9 Å². The predicted molar refractivity (Wildman–Crippen MR) is 146 cm³/mol. The Kier molecular flexibility index (Phi) is 7.55. The Bertz CT molecular complexity index is 1120. The molecule has 0 bridgehead atoms. The second-order valence-corrected chi connectivity index (χ2v) is 13.3. The van der Waals surface area contributed by atoms with Crippen molar-refractivity contribution in [2.24, 2.45) is 11.8 Å². The molecule has 2 aliphatic rings. The molecule has 0 spiro atoms. The molecule has 2 saturated carbocycles. The van der Waals surface area contributed by atoms with Crippen molar-refractivity contribution in [3.63, 3.8) is 0 Å². The molecule has 37 heavy (non-hydrogen) atoms. The van der Waals surface area contributed by atoms with Crippen LogP contribution in [0.3, 0.4) is 0 Å². The van der Waals surface area contributed by atoms with Crippen molar-refractivity contribution >= 4 is 11.9 Å². The standard InChI is InChI=1S/C30H44N4O3/c1-18-22(26(35)31-21-13-20(14-21)27(36)37)15-24(34(18)17-19-11-9-8-10-12-19)23-16-25(29(2,3)4)33-28(32-23)30(5,6)7/h15-16,19-21H,8-14,17H2,1-7H3,(H,31,35)(H,36,37)/t20-,21-. The van der Waals surface area contributed by atoms with Gasteiger partial charge in [0, 0.05) is 29.1 Å². The van der Waals surface area contributed by atoms with E-state index in [9.17, 15) is 14.7 Å². The summed E-state index contributed by atoms with van der Waals surface area (Å²) in [6.45, 7) is 15.8. The number of carbonyl (C=O) groups excluding carboxylic acids is 1. The van der Waals surface area contributed by atoms with E-state index >= 15 is 0 Å². The number of hydrogen-bond acceptors (Lipinski definition) is 4. The molecule has 7 nitrogen and oxygen atoms in total. The van der Waals surface area contributed by atoms with Crippen LogP contribution in [0, 0.1) is 18.8 Å². The van der Waals surface area contributed by atoms with E-state index in [4.69, 9.17) is 9.97 Å². The number of nitrogens with zero attached hydrogens (tertiary/aromatic N) is 3. The number of carboxylic acids is 1. The van der Waals surface area contributed by atoms with Gasteiger partial charge in [0.2, 0.25) is 0 Å². The van der Waals surface area contributed by atoms with Crippen molar-refractivity contribution in [3.8, 4) is 11.4 Å². The lowest BCUT2D eigenvalue weighted by Gasteiger charge is -2.32. The van der Waals surface area contributed by atoms with Gasteiger partial charge in [0.25, 0.3) is 5.91 Å². The number of hydrogen-bond donors (Lipinski definition) is 2. The van der Waals surface area contributed by atoms with E-state index in [1.807, 2.05) is 13.0 Å². The van der Waals surface area contributed by atoms with Gasteiger partial charge in [-0.25, -0.2) is 9.97 Å². The fourth-order valence-corrected chi connectivity index (χ4v) is 5.45. The molecule has 0 aromatic carbocycles. The van der Waals surface area contributed by atoms with Crippen molar-refractivity contribution in [1.29, 1.82) is 0 Å². The zero-order valence-corrected chi connectivity index (χ0v) is 23.6. The van der Waals surface area contributed by atoms with E-state index in [1.165, 1.54) is 32.1 Å². The Morgan fingerprint density at radius 3 is 2.22 bits per heavy atom. The number of aliphatic carboxylic acids is 1. The molecule has 0 radical (unpaired) electrons. The molecule has 2 aliphatic carbocycles. The molecule has 2 aromatic heterocycles. The highest BCUT2D eigenvalue weighted by atomic mass is 16.4. The first-order chi connectivity index (χ1) is 17.2. The molecule has 7 heteroatoms. The summed E-state index contributed by atoms with van der Waals surface area (Å²) in [5.74, 6) is 0.124. The first-order valence-corrected chi connectivity index (χ1v) is 13.9. The summed E-state index contributed by atoms with van der Waals surface area (Å²) in [5, 5.41) is 12.3. The predicted octanol–water partition coefficient (Wildman–Crippen LogP) is 6.02. The van der Waals surface area contributed by atoms with Crippen LogP contribution in [0.5, 0.6) is 0 Å². The van der Waals surface area contributed by atoms with E-state index < -0.39 is 5.97 Å². The molecule has 1 amide bonds. The number of rotatable bonds is 6. The third-order valence-electron chi connectivity index (χ3n) is 8.03. The molecule has 4 rings (SSSR count). The smallest absolute Gasteiger partial charge is 0.306 e. The van der Waals surface area contributed by atoms with Crippen molar-refractivity contribution < 1.29 is 14.7 Å². The van der Waals surface area contributed by atoms with Gasteiger partial charge in [-0.1, -0.05) is 60.8 Å². The molecule has 202 valence electrons. The van der Waals surface area contributed by atoms with Gasteiger partial charge in [-0.05, 0) is 50.7 Å². The molecule has 0 saturated heterocycles. The highest BCUT2D eigenvalue weighted by Gasteiger charge is 2.36. The normalized spacial score (nSPS) is 20.9. The molecule has 2 aromatic rings. The maximum atomic E-state index is 13.4. The van der Waals surface area contributed by atoms with Gasteiger partial charge >= 0.3 is 5.97 Å². The summed E-state index contributed by atoms with van der Waals surface area (Å²) in [6.07, 6.45) is 7.22. The number of aromatic nitrogens is 3. The van der Waals surface area contributed by atoms with E-state index in [0.29, 0.717) is 24.3 Å². The molecule has 2 N–H and O–H groups in total. The highest BCUT2D eigenvalue weighted by Crippen LogP contribution is 2.34. The van der Waals surface area contributed by atoms with Crippen LogP contribution in [-0.2, 0) is 22.2 Å². The van der Waals surface area contributed by atoms with Gasteiger partial charge in [0.1, 0.15) is 5.82 Å². The summed E-state index contributed by atoms with van der Waals surface area (Å²) >= 11 is 0. The molecule has 0 unspecified atom stereocenters. The number of nitrogens with one attached hydrogen (secondary N) is 1. The molecule has 2 fully saturated rings. The van der Waals surface area contributed by atoms with Crippen LogP contribution in [0.4, 0.5) is 0 Å². The van der Waals surface area contributed by atoms with Gasteiger partial charge in [-0.15, -0.1) is 0 Å². The van der Waals surface area contributed by atoms with Crippen LogP contribution in [0.2, 0.25) is 0 Å². The Balaban J connectivity index is 1.75. The third-order valence-corrected chi connectivity index (χ3v) is 8.03. The maximum Gasteiger partial charge on any atom is 0.306 e. The zero-order valence-electron chi connectivity index (χ0n) is 23.6. The van der Waals surface area contributed by atoms with Gasteiger partial charge in [0.15, 0.2) is 0 Å². The monoisotopic (exact) mass is 508 g/mol. The minimum absolute atomic E-state index is 0.0859. The van der Waals surface area contributed by atoms with Gasteiger partial charge in [0.05, 0.1) is 28.6 Å². The number of carbonyl (C=O) groups is 2. The van der Waals surface area contributed by atoms with Crippen LogP contribution < -0.4 is 5.32 Å². The van der Waals surface area contributed by atoms with Crippen LogP contribution in [0.15, 0.2) is 12.1 Å². The average molecular weight is 509 g/mol. The number of amides is 1. The van der Waals surface area contributed by atoms with Gasteiger partial charge < -0.3 is 15.0 Å². The minimum atomic E-state index is -0.782. The summed E-state index contributed by atoms with van der Waals surface area (Å²) in [6, 6.07) is 3.99. The molecular weight excluding hydrogens is 464 g/mol. The summed E-state index contributed by atoms with van der Waals surface area (Å²) in [5.41, 5.74) is 4.06. The lowest BCUT2D eigenvalue weighted by molar-refractivity contribution is -0.145. The Hall–Kier alpha value is -2.70. The summed E-state index contributed by atoms with van der Waals surface area (Å²) < 4.78 is 2.30. The highest BCUT2D eigenvalue weighted by molar-refractivity contribution is 5.97. The Morgan fingerprint density at radius 2 is 1.65 bits per heavy atom. The second kappa shape index (κ2) is 10.2. The van der Waals surface area contributed by atoms with Crippen LogP contribution in [0.1, 0.15) is 114 Å². The van der Waals surface area contributed by atoms with E-state index in [1.54, 1.807) is 0 Å².